The van der Waals surface area contributed by atoms with Gasteiger partial charge in [-0.1, -0.05) is 29.8 Å². The minimum absolute atomic E-state index is 0.0985. The first-order chi connectivity index (χ1) is 14.9. The summed E-state index contributed by atoms with van der Waals surface area (Å²) in [7, 11) is -2.59. The SMILES string of the molecule is COC(=O)C(C#N)=Cc1ccc(OCCOCCOS(=O)(=O)c2ccc(C)cc2)cc1. The molecule has 0 fully saturated rings. The zero-order chi connectivity index (χ0) is 22.7. The third-order valence-electron chi connectivity index (χ3n) is 3.99. The van der Waals surface area contributed by atoms with Crippen LogP contribution in [0.25, 0.3) is 6.08 Å². The van der Waals surface area contributed by atoms with Crippen LogP contribution in [0, 0.1) is 18.3 Å². The Morgan fingerprint density at radius 2 is 1.65 bits per heavy atom. The van der Waals surface area contributed by atoms with Gasteiger partial charge < -0.3 is 14.2 Å². The Kier molecular flexibility index (Phi) is 9.21. The van der Waals surface area contributed by atoms with E-state index in [4.69, 9.17) is 18.9 Å². The number of benzene rings is 2. The molecule has 0 saturated carbocycles. The quantitative estimate of drug-likeness (QED) is 0.171. The number of hydrogen-bond donors (Lipinski definition) is 0. The Labute approximate surface area is 181 Å². The molecular formula is C22H23NO7S. The molecule has 0 spiro atoms. The average molecular weight is 445 g/mol. The van der Waals surface area contributed by atoms with E-state index in [0.717, 1.165) is 5.56 Å². The maximum Gasteiger partial charge on any atom is 0.348 e. The lowest BCUT2D eigenvalue weighted by Gasteiger charge is -2.08. The van der Waals surface area contributed by atoms with E-state index in [1.807, 2.05) is 6.92 Å². The van der Waals surface area contributed by atoms with Gasteiger partial charge in [0.05, 0.1) is 31.8 Å². The first-order valence-electron chi connectivity index (χ1n) is 9.32. The normalized spacial score (nSPS) is 11.6. The van der Waals surface area contributed by atoms with Gasteiger partial charge in [-0.15, -0.1) is 0 Å². The predicted octanol–water partition coefficient (Wildman–Crippen LogP) is 2.88. The Balaban J connectivity index is 1.69. The van der Waals surface area contributed by atoms with E-state index >= 15 is 0 Å². The van der Waals surface area contributed by atoms with Crippen molar-refractivity contribution in [2.75, 3.05) is 33.5 Å². The molecule has 0 bridgehead atoms. The number of esters is 1. The van der Waals surface area contributed by atoms with Gasteiger partial charge in [-0.2, -0.15) is 13.7 Å². The van der Waals surface area contributed by atoms with Crippen LogP contribution in [0.3, 0.4) is 0 Å². The Morgan fingerprint density at radius 1 is 1.00 bits per heavy atom. The number of aryl methyl sites for hydroxylation is 1. The topological polar surface area (TPSA) is 112 Å². The fraction of sp³-hybridized carbons (Fsp3) is 0.273. The van der Waals surface area contributed by atoms with E-state index in [1.54, 1.807) is 42.5 Å². The minimum Gasteiger partial charge on any atom is -0.491 e. The molecule has 8 nitrogen and oxygen atoms in total. The molecule has 2 aromatic carbocycles. The largest absolute Gasteiger partial charge is 0.491 e. The van der Waals surface area contributed by atoms with Gasteiger partial charge in [0, 0.05) is 0 Å². The van der Waals surface area contributed by atoms with Crippen molar-refractivity contribution in [1.82, 2.24) is 0 Å². The summed E-state index contributed by atoms with van der Waals surface area (Å²) in [5.74, 6) is -0.119. The van der Waals surface area contributed by atoms with Crippen molar-refractivity contribution in [2.45, 2.75) is 11.8 Å². The highest BCUT2D eigenvalue weighted by Crippen LogP contribution is 2.15. The van der Waals surface area contributed by atoms with Gasteiger partial charge in [0.25, 0.3) is 10.1 Å². The molecule has 0 heterocycles. The highest BCUT2D eigenvalue weighted by Gasteiger charge is 2.14. The van der Waals surface area contributed by atoms with Crippen molar-refractivity contribution >= 4 is 22.2 Å². The average Bonchev–Trinajstić information content (AvgIpc) is 2.77. The molecule has 0 atom stereocenters. The molecule has 0 aliphatic heterocycles. The predicted molar refractivity (Wildman–Crippen MR) is 113 cm³/mol. The number of nitrogens with zero attached hydrogens (tertiary/aromatic N) is 1. The van der Waals surface area contributed by atoms with Gasteiger partial charge in [-0.05, 0) is 42.8 Å². The molecule has 0 aliphatic carbocycles. The monoisotopic (exact) mass is 445 g/mol. The van der Waals surface area contributed by atoms with Crippen LogP contribution in [0.4, 0.5) is 0 Å². The Hall–Kier alpha value is -3.19. The summed E-state index contributed by atoms with van der Waals surface area (Å²) in [6.07, 6.45) is 1.42. The number of rotatable bonds is 11. The molecule has 2 aromatic rings. The molecule has 0 aromatic heterocycles. The third-order valence-corrected chi connectivity index (χ3v) is 5.32. The number of carbonyl (C=O) groups is 1. The van der Waals surface area contributed by atoms with Crippen LogP contribution in [0.15, 0.2) is 59.0 Å². The molecule has 0 saturated heterocycles. The van der Waals surface area contributed by atoms with E-state index in [2.05, 4.69) is 4.74 Å². The van der Waals surface area contributed by atoms with Crippen LogP contribution in [0.5, 0.6) is 5.75 Å². The summed E-state index contributed by atoms with van der Waals surface area (Å²) < 4.78 is 44.4. The lowest BCUT2D eigenvalue weighted by molar-refractivity contribution is -0.135. The van der Waals surface area contributed by atoms with E-state index in [1.165, 1.54) is 25.3 Å². The van der Waals surface area contributed by atoms with Crippen LogP contribution in [-0.2, 0) is 28.6 Å². The number of carbonyl (C=O) groups excluding carboxylic acids is 1. The molecule has 0 N–H and O–H groups in total. The van der Waals surface area contributed by atoms with Crippen molar-refractivity contribution in [2.24, 2.45) is 0 Å². The van der Waals surface area contributed by atoms with E-state index < -0.39 is 16.1 Å². The molecule has 0 aliphatic rings. The zero-order valence-electron chi connectivity index (χ0n) is 17.2. The fourth-order valence-corrected chi connectivity index (χ4v) is 3.26. The van der Waals surface area contributed by atoms with Crippen LogP contribution >= 0.6 is 0 Å². The summed E-state index contributed by atoms with van der Waals surface area (Å²) in [6, 6.07) is 15.0. The molecule has 9 heteroatoms. The van der Waals surface area contributed by atoms with Gasteiger partial charge in [-0.25, -0.2) is 4.79 Å². The molecule has 0 amide bonds. The summed E-state index contributed by atoms with van der Waals surface area (Å²) in [6.45, 7) is 2.37. The number of nitriles is 1. The molecule has 2 rings (SSSR count). The van der Waals surface area contributed by atoms with Gasteiger partial charge >= 0.3 is 5.97 Å². The number of methoxy groups -OCH3 is 1. The summed E-state index contributed by atoms with van der Waals surface area (Å²) in [4.78, 5) is 11.5. The summed E-state index contributed by atoms with van der Waals surface area (Å²) >= 11 is 0. The second-order valence-electron chi connectivity index (χ2n) is 6.28. The lowest BCUT2D eigenvalue weighted by atomic mass is 10.1. The first-order valence-corrected chi connectivity index (χ1v) is 10.7. The van der Waals surface area contributed by atoms with E-state index in [-0.39, 0.29) is 36.9 Å². The van der Waals surface area contributed by atoms with E-state index in [9.17, 15) is 13.2 Å². The second kappa shape index (κ2) is 11.9. The van der Waals surface area contributed by atoms with Crippen LogP contribution in [-0.4, -0.2) is 47.9 Å². The van der Waals surface area contributed by atoms with Gasteiger partial charge in [0.15, 0.2) is 0 Å². The Morgan fingerprint density at radius 3 is 2.26 bits per heavy atom. The summed E-state index contributed by atoms with van der Waals surface area (Å²) in [5.41, 5.74) is 1.51. The van der Waals surface area contributed by atoms with Gasteiger partial charge in [0.2, 0.25) is 0 Å². The maximum absolute atomic E-state index is 12.0. The van der Waals surface area contributed by atoms with Crippen molar-refractivity contribution in [3.63, 3.8) is 0 Å². The van der Waals surface area contributed by atoms with E-state index in [0.29, 0.717) is 11.3 Å². The highest BCUT2D eigenvalue weighted by molar-refractivity contribution is 7.86. The number of ether oxygens (including phenoxy) is 3. The zero-order valence-corrected chi connectivity index (χ0v) is 18.1. The number of hydrogen-bond acceptors (Lipinski definition) is 8. The van der Waals surface area contributed by atoms with Crippen LogP contribution in [0.2, 0.25) is 0 Å². The highest BCUT2D eigenvalue weighted by atomic mass is 32.2. The lowest BCUT2D eigenvalue weighted by Crippen LogP contribution is -2.14. The van der Waals surface area contributed by atoms with Gasteiger partial charge in [0.1, 0.15) is 24.0 Å². The summed E-state index contributed by atoms with van der Waals surface area (Å²) in [5, 5.41) is 8.96. The smallest absolute Gasteiger partial charge is 0.348 e. The second-order valence-corrected chi connectivity index (χ2v) is 7.90. The molecule has 31 heavy (non-hydrogen) atoms. The van der Waals surface area contributed by atoms with Crippen LogP contribution < -0.4 is 4.74 Å². The molecule has 0 radical (unpaired) electrons. The minimum atomic E-state index is -3.80. The molecule has 0 unspecified atom stereocenters. The Bertz CT molecular complexity index is 1040. The molecular weight excluding hydrogens is 422 g/mol. The standard InChI is InChI=1S/C22H23NO7S/c1-17-3-9-21(10-4-17)31(25,26)30-14-12-28-11-13-29-20-7-5-18(6-8-20)15-19(16-23)22(24)27-2/h3-10,15H,11-14H2,1-2H3. The van der Waals surface area contributed by atoms with Gasteiger partial charge in [-0.3, -0.25) is 4.18 Å². The van der Waals surface area contributed by atoms with Crippen molar-refractivity contribution in [1.29, 1.82) is 5.26 Å². The molecule has 164 valence electrons. The van der Waals surface area contributed by atoms with Crippen molar-refractivity contribution < 1.29 is 31.6 Å². The van der Waals surface area contributed by atoms with Crippen molar-refractivity contribution in [3.05, 3.63) is 65.2 Å². The fourth-order valence-electron chi connectivity index (χ4n) is 2.37. The van der Waals surface area contributed by atoms with Crippen molar-refractivity contribution in [3.8, 4) is 11.8 Å². The van der Waals surface area contributed by atoms with Crippen LogP contribution in [0.1, 0.15) is 11.1 Å². The maximum atomic E-state index is 12.0. The first kappa shape index (κ1) is 24.1. The third kappa shape index (κ3) is 7.86.